The molecule has 0 spiro atoms. The summed E-state index contributed by atoms with van der Waals surface area (Å²) in [6.45, 7) is 5.53. The molecule has 6 nitrogen and oxygen atoms in total. The van der Waals surface area contributed by atoms with Crippen LogP contribution in [-0.2, 0) is 20.1 Å². The summed E-state index contributed by atoms with van der Waals surface area (Å²) in [6, 6.07) is 2.00. The van der Waals surface area contributed by atoms with E-state index in [1.165, 1.54) is 0 Å². The van der Waals surface area contributed by atoms with Crippen LogP contribution >= 0.6 is 0 Å². The lowest BCUT2D eigenvalue weighted by Crippen LogP contribution is -2.10. The monoisotopic (exact) mass is 220 g/mol. The third-order valence-electron chi connectivity index (χ3n) is 2.40. The Morgan fingerprint density at radius 2 is 2.25 bits per heavy atom. The summed E-state index contributed by atoms with van der Waals surface area (Å²) in [6.07, 6.45) is 1.81. The molecule has 0 aliphatic rings. The first-order valence-electron chi connectivity index (χ1n) is 5.33. The number of hydrogen-bond donors (Lipinski definition) is 1. The van der Waals surface area contributed by atoms with Gasteiger partial charge in [-0.15, -0.1) is 0 Å². The van der Waals surface area contributed by atoms with Crippen molar-refractivity contribution in [1.82, 2.24) is 24.5 Å². The first-order valence-corrected chi connectivity index (χ1v) is 5.33. The molecule has 0 aromatic carbocycles. The zero-order valence-corrected chi connectivity index (χ0v) is 9.80. The third kappa shape index (κ3) is 2.05. The van der Waals surface area contributed by atoms with Crippen LogP contribution < -0.4 is 5.32 Å². The van der Waals surface area contributed by atoms with Gasteiger partial charge in [-0.3, -0.25) is 4.68 Å². The largest absolute Gasteiger partial charge is 0.349 e. The van der Waals surface area contributed by atoms with E-state index in [1.807, 2.05) is 30.9 Å². The van der Waals surface area contributed by atoms with Crippen molar-refractivity contribution in [1.29, 1.82) is 0 Å². The van der Waals surface area contributed by atoms with Gasteiger partial charge in [0.15, 0.2) is 0 Å². The van der Waals surface area contributed by atoms with Gasteiger partial charge in [-0.25, -0.2) is 4.68 Å². The predicted molar refractivity (Wildman–Crippen MR) is 61.0 cm³/mol. The molecule has 2 aromatic heterocycles. The maximum Gasteiger partial charge on any atom is 0.221 e. The number of anilines is 1. The predicted octanol–water partition coefficient (Wildman–Crippen LogP) is 0.952. The molecule has 0 saturated heterocycles. The van der Waals surface area contributed by atoms with Crippen molar-refractivity contribution in [3.63, 3.8) is 0 Å². The zero-order valence-electron chi connectivity index (χ0n) is 9.80. The third-order valence-corrected chi connectivity index (χ3v) is 2.40. The van der Waals surface area contributed by atoms with Crippen molar-refractivity contribution in [2.45, 2.75) is 26.9 Å². The topological polar surface area (TPSA) is 60.6 Å². The van der Waals surface area contributed by atoms with Gasteiger partial charge in [-0.05, 0) is 19.9 Å². The van der Waals surface area contributed by atoms with Gasteiger partial charge in [0.25, 0.3) is 0 Å². The van der Waals surface area contributed by atoms with Crippen molar-refractivity contribution in [2.75, 3.05) is 5.32 Å². The number of aryl methyl sites for hydroxylation is 3. The molecule has 0 bridgehead atoms. The average molecular weight is 220 g/mol. The normalized spacial score (nSPS) is 10.7. The van der Waals surface area contributed by atoms with Crippen molar-refractivity contribution < 1.29 is 0 Å². The summed E-state index contributed by atoms with van der Waals surface area (Å²) in [5.74, 6) is 1.55. The fourth-order valence-corrected chi connectivity index (χ4v) is 1.63. The van der Waals surface area contributed by atoms with E-state index >= 15 is 0 Å². The summed E-state index contributed by atoms with van der Waals surface area (Å²) in [5, 5.41) is 11.6. The summed E-state index contributed by atoms with van der Waals surface area (Å²) < 4.78 is 3.69. The maximum atomic E-state index is 4.28. The van der Waals surface area contributed by atoms with Crippen LogP contribution in [0.5, 0.6) is 0 Å². The molecule has 2 aromatic rings. The highest BCUT2D eigenvalue weighted by Crippen LogP contribution is 2.05. The summed E-state index contributed by atoms with van der Waals surface area (Å²) in [4.78, 5) is 4.28. The van der Waals surface area contributed by atoms with E-state index in [9.17, 15) is 0 Å². The second-order valence-corrected chi connectivity index (χ2v) is 3.60. The molecule has 86 valence electrons. The molecule has 0 saturated carbocycles. The number of aromatic nitrogens is 5. The first-order chi connectivity index (χ1) is 7.70. The van der Waals surface area contributed by atoms with Crippen molar-refractivity contribution >= 4 is 5.95 Å². The van der Waals surface area contributed by atoms with Crippen LogP contribution in [0.2, 0.25) is 0 Å². The van der Waals surface area contributed by atoms with Gasteiger partial charge in [0.05, 0.1) is 12.2 Å². The minimum absolute atomic E-state index is 0.708. The minimum Gasteiger partial charge on any atom is -0.349 e. The average Bonchev–Trinajstić information content (AvgIpc) is 2.81. The van der Waals surface area contributed by atoms with Crippen LogP contribution in [0.1, 0.15) is 18.4 Å². The molecule has 0 fully saturated rings. The number of nitrogens with zero attached hydrogens (tertiary/aromatic N) is 5. The number of nitrogens with one attached hydrogen (secondary N) is 1. The van der Waals surface area contributed by atoms with Crippen molar-refractivity contribution in [3.8, 4) is 0 Å². The molecule has 0 amide bonds. The van der Waals surface area contributed by atoms with Gasteiger partial charge in [0.1, 0.15) is 5.82 Å². The molecule has 0 unspecified atom stereocenters. The standard InChI is InChI=1S/C10H16N6/c1-4-16-9(5-6-12-16)7-11-10-13-8(2)14-15(10)3/h5-6H,4,7H2,1-3H3,(H,11,13,14). The van der Waals surface area contributed by atoms with Gasteiger partial charge in [0.2, 0.25) is 5.95 Å². The Labute approximate surface area is 94.3 Å². The van der Waals surface area contributed by atoms with Crippen LogP contribution in [0.4, 0.5) is 5.95 Å². The Balaban J connectivity index is 2.05. The quantitative estimate of drug-likeness (QED) is 0.833. The van der Waals surface area contributed by atoms with E-state index in [-0.39, 0.29) is 0 Å². The minimum atomic E-state index is 0.708. The highest BCUT2D eigenvalue weighted by molar-refractivity contribution is 5.25. The van der Waals surface area contributed by atoms with E-state index in [0.717, 1.165) is 24.0 Å². The van der Waals surface area contributed by atoms with Gasteiger partial charge >= 0.3 is 0 Å². The van der Waals surface area contributed by atoms with Crippen LogP contribution in [0.25, 0.3) is 0 Å². The van der Waals surface area contributed by atoms with Crippen molar-refractivity contribution in [3.05, 3.63) is 23.8 Å². The fourth-order valence-electron chi connectivity index (χ4n) is 1.63. The second kappa shape index (κ2) is 4.34. The fraction of sp³-hybridized carbons (Fsp3) is 0.500. The van der Waals surface area contributed by atoms with E-state index in [2.05, 4.69) is 27.4 Å². The van der Waals surface area contributed by atoms with Crippen molar-refractivity contribution in [2.24, 2.45) is 7.05 Å². The summed E-state index contributed by atoms with van der Waals surface area (Å²) >= 11 is 0. The molecule has 0 aliphatic heterocycles. The Kier molecular flexibility index (Phi) is 2.89. The molecule has 2 rings (SSSR count). The highest BCUT2D eigenvalue weighted by Gasteiger charge is 2.05. The van der Waals surface area contributed by atoms with Crippen LogP contribution in [-0.4, -0.2) is 24.5 Å². The highest BCUT2D eigenvalue weighted by atomic mass is 15.4. The first kappa shape index (κ1) is 10.7. The molecular weight excluding hydrogens is 204 g/mol. The molecule has 0 radical (unpaired) electrons. The van der Waals surface area contributed by atoms with Crippen LogP contribution in [0.3, 0.4) is 0 Å². The lowest BCUT2D eigenvalue weighted by molar-refractivity contribution is 0.626. The molecular formula is C10H16N6. The van der Waals surface area contributed by atoms with E-state index in [1.54, 1.807) is 4.68 Å². The molecule has 0 aliphatic carbocycles. The van der Waals surface area contributed by atoms with E-state index < -0.39 is 0 Å². The van der Waals surface area contributed by atoms with Gasteiger partial charge in [0, 0.05) is 19.8 Å². The molecule has 0 atom stereocenters. The lowest BCUT2D eigenvalue weighted by atomic mass is 10.4. The van der Waals surface area contributed by atoms with Crippen LogP contribution in [0.15, 0.2) is 12.3 Å². The van der Waals surface area contributed by atoms with Gasteiger partial charge in [-0.2, -0.15) is 15.2 Å². The Hall–Kier alpha value is -1.85. The number of rotatable bonds is 4. The zero-order chi connectivity index (χ0) is 11.5. The SMILES string of the molecule is CCn1nccc1CNc1nc(C)nn1C. The van der Waals surface area contributed by atoms with E-state index in [4.69, 9.17) is 0 Å². The molecule has 1 N–H and O–H groups in total. The number of hydrogen-bond acceptors (Lipinski definition) is 4. The van der Waals surface area contributed by atoms with Gasteiger partial charge in [-0.1, -0.05) is 0 Å². The summed E-state index contributed by atoms with van der Waals surface area (Å²) in [7, 11) is 1.87. The lowest BCUT2D eigenvalue weighted by Gasteiger charge is -2.06. The Bertz CT molecular complexity index is 469. The van der Waals surface area contributed by atoms with Gasteiger partial charge < -0.3 is 5.32 Å². The Morgan fingerprint density at radius 1 is 1.44 bits per heavy atom. The van der Waals surface area contributed by atoms with Crippen LogP contribution in [0, 0.1) is 6.92 Å². The second-order valence-electron chi connectivity index (χ2n) is 3.60. The maximum absolute atomic E-state index is 4.28. The summed E-state index contributed by atoms with van der Waals surface area (Å²) in [5.41, 5.74) is 1.14. The molecule has 16 heavy (non-hydrogen) atoms. The smallest absolute Gasteiger partial charge is 0.221 e. The molecule has 2 heterocycles. The molecule has 6 heteroatoms. The Morgan fingerprint density at radius 3 is 2.88 bits per heavy atom. The van der Waals surface area contributed by atoms with E-state index in [0.29, 0.717) is 6.54 Å².